The molecule has 2 heterocycles. The summed E-state index contributed by atoms with van der Waals surface area (Å²) in [5, 5.41) is 26.3. The van der Waals surface area contributed by atoms with E-state index in [0.717, 1.165) is 22.0 Å². The van der Waals surface area contributed by atoms with Crippen molar-refractivity contribution in [2.75, 3.05) is 5.73 Å². The number of nitriles is 2. The minimum absolute atomic E-state index is 0.159. The Bertz CT molecular complexity index is 1720. The second kappa shape index (κ2) is 9.64. The molecule has 0 aliphatic heterocycles. The van der Waals surface area contributed by atoms with E-state index in [0.29, 0.717) is 22.3 Å². The molecule has 0 fully saturated rings. The Hall–Kier alpha value is -4.49. The van der Waals surface area contributed by atoms with Gasteiger partial charge in [0.1, 0.15) is 29.2 Å². The van der Waals surface area contributed by atoms with Crippen molar-refractivity contribution in [2.45, 2.75) is 6.54 Å². The number of fused-ring (bicyclic) bond motifs is 1. The summed E-state index contributed by atoms with van der Waals surface area (Å²) >= 11 is 12.3. The number of nitrogens with zero attached hydrogens (tertiary/aromatic N) is 5. The van der Waals surface area contributed by atoms with Gasteiger partial charge in [-0.2, -0.15) is 15.6 Å². The van der Waals surface area contributed by atoms with Gasteiger partial charge in [-0.15, -0.1) is 0 Å². The molecule has 8 heteroatoms. The number of nitrogen functional groups attached to an aromatic ring is 1. The molecule has 174 valence electrons. The fraction of sp³-hybridized carbons (Fsp3) is 0.0357. The van der Waals surface area contributed by atoms with E-state index in [1.54, 1.807) is 12.1 Å². The van der Waals surface area contributed by atoms with Crippen LogP contribution in [0.5, 0.6) is 0 Å². The van der Waals surface area contributed by atoms with Crippen LogP contribution in [0.2, 0.25) is 10.0 Å². The van der Waals surface area contributed by atoms with Crippen LogP contribution >= 0.6 is 23.2 Å². The van der Waals surface area contributed by atoms with E-state index in [9.17, 15) is 10.5 Å². The minimum atomic E-state index is 0.159. The maximum atomic E-state index is 10.1. The van der Waals surface area contributed by atoms with E-state index in [4.69, 9.17) is 28.9 Å². The molecule has 36 heavy (non-hydrogen) atoms. The molecule has 0 aliphatic rings. The summed E-state index contributed by atoms with van der Waals surface area (Å²) in [5.74, 6) is 0.182. The van der Waals surface area contributed by atoms with E-state index in [1.165, 1.54) is 4.68 Å². The number of rotatable bonds is 5. The number of hydrogen-bond acceptors (Lipinski definition) is 4. The summed E-state index contributed by atoms with van der Waals surface area (Å²) in [7, 11) is 0. The maximum Gasteiger partial charge on any atom is 0.145 e. The van der Waals surface area contributed by atoms with Gasteiger partial charge in [0.05, 0.1) is 21.3 Å². The van der Waals surface area contributed by atoms with E-state index in [-0.39, 0.29) is 22.6 Å². The third kappa shape index (κ3) is 4.21. The van der Waals surface area contributed by atoms with Gasteiger partial charge >= 0.3 is 0 Å². The first-order valence-electron chi connectivity index (χ1n) is 11.0. The van der Waals surface area contributed by atoms with Gasteiger partial charge in [-0.25, -0.2) is 4.68 Å². The van der Waals surface area contributed by atoms with Gasteiger partial charge in [-0.3, -0.25) is 0 Å². The highest BCUT2D eigenvalue weighted by Crippen LogP contribution is 2.31. The molecule has 0 radical (unpaired) electrons. The van der Waals surface area contributed by atoms with Crippen molar-refractivity contribution in [3.63, 3.8) is 0 Å². The highest BCUT2D eigenvalue weighted by Gasteiger charge is 2.20. The molecule has 5 aromatic rings. The molecule has 6 nitrogen and oxygen atoms in total. The molecule has 0 aliphatic carbocycles. The molecule has 5 rings (SSSR count). The van der Waals surface area contributed by atoms with Crippen molar-refractivity contribution in [1.29, 1.82) is 10.5 Å². The van der Waals surface area contributed by atoms with E-state index < -0.39 is 0 Å². The topological polar surface area (TPSA) is 96.3 Å². The summed E-state index contributed by atoms with van der Waals surface area (Å²) in [4.78, 5) is 0. The van der Waals surface area contributed by atoms with Crippen molar-refractivity contribution in [3.8, 4) is 17.8 Å². The van der Waals surface area contributed by atoms with Gasteiger partial charge in [-0.05, 0) is 42.0 Å². The van der Waals surface area contributed by atoms with Crippen LogP contribution in [0.1, 0.15) is 22.4 Å². The number of halogens is 2. The maximum absolute atomic E-state index is 10.1. The number of hydrogen-bond donors (Lipinski definition) is 1. The van der Waals surface area contributed by atoms with Gasteiger partial charge in [0, 0.05) is 29.2 Å². The van der Waals surface area contributed by atoms with Crippen LogP contribution in [-0.2, 0) is 6.54 Å². The normalized spacial score (nSPS) is 11.4. The second-order valence-electron chi connectivity index (χ2n) is 8.12. The Kier molecular flexibility index (Phi) is 6.23. The summed E-state index contributed by atoms with van der Waals surface area (Å²) < 4.78 is 3.56. The molecule has 0 bridgehead atoms. The minimum Gasteiger partial charge on any atom is -0.382 e. The van der Waals surface area contributed by atoms with Crippen molar-refractivity contribution >= 4 is 51.6 Å². The summed E-state index contributed by atoms with van der Waals surface area (Å²) in [6.45, 7) is 0.562. The molecule has 0 spiro atoms. The Morgan fingerprint density at radius 1 is 0.972 bits per heavy atom. The van der Waals surface area contributed by atoms with Gasteiger partial charge in [0.15, 0.2) is 0 Å². The quantitative estimate of drug-likeness (QED) is 0.267. The first-order valence-corrected chi connectivity index (χ1v) is 11.7. The summed E-state index contributed by atoms with van der Waals surface area (Å²) in [6.07, 6.45) is 3.71. The fourth-order valence-electron chi connectivity index (χ4n) is 4.16. The average molecular weight is 509 g/mol. The molecule has 0 atom stereocenters. The predicted octanol–water partition coefficient (Wildman–Crippen LogP) is 6.70. The van der Waals surface area contributed by atoms with E-state index in [1.807, 2.05) is 72.9 Å². The zero-order valence-electron chi connectivity index (χ0n) is 18.9. The monoisotopic (exact) mass is 508 g/mol. The highest BCUT2D eigenvalue weighted by molar-refractivity contribution is 6.42. The molecule has 2 aromatic heterocycles. The fourth-order valence-corrected chi connectivity index (χ4v) is 4.48. The van der Waals surface area contributed by atoms with Crippen molar-refractivity contribution < 1.29 is 0 Å². The number of benzene rings is 3. The van der Waals surface area contributed by atoms with E-state index in [2.05, 4.69) is 21.8 Å². The van der Waals surface area contributed by atoms with Gasteiger partial charge in [0.25, 0.3) is 0 Å². The molecule has 0 saturated heterocycles. The van der Waals surface area contributed by atoms with Crippen LogP contribution < -0.4 is 5.73 Å². The molecular formula is C28H18Cl2N6. The number of aromatic nitrogens is 3. The molecule has 0 unspecified atom stereocenters. The summed E-state index contributed by atoms with van der Waals surface area (Å²) in [5.41, 5.74) is 10.4. The Morgan fingerprint density at radius 3 is 2.44 bits per heavy atom. The largest absolute Gasteiger partial charge is 0.382 e. The van der Waals surface area contributed by atoms with Crippen LogP contribution in [0.15, 0.2) is 79.0 Å². The zero-order valence-corrected chi connectivity index (χ0v) is 20.4. The van der Waals surface area contributed by atoms with Crippen LogP contribution in [0.25, 0.3) is 28.2 Å². The van der Waals surface area contributed by atoms with Gasteiger partial charge < -0.3 is 10.3 Å². The Labute approximate surface area is 217 Å². The molecular weight excluding hydrogens is 491 g/mol. The lowest BCUT2D eigenvalue weighted by Gasteiger charge is -2.06. The Morgan fingerprint density at radius 2 is 1.72 bits per heavy atom. The zero-order chi connectivity index (χ0) is 25.2. The lowest BCUT2D eigenvalue weighted by Crippen LogP contribution is -2.02. The average Bonchev–Trinajstić information content (AvgIpc) is 3.42. The van der Waals surface area contributed by atoms with Crippen molar-refractivity contribution in [2.24, 2.45) is 0 Å². The second-order valence-corrected chi connectivity index (χ2v) is 8.93. The number of allylic oxidation sites excluding steroid dienone is 1. The predicted molar refractivity (Wildman–Crippen MR) is 144 cm³/mol. The SMILES string of the molecule is N#CC(=Cc1cn(Cc2ccc(Cl)c(Cl)c2)c2ccccc12)c1nn(-c2ccccc2)c(N)c1C#N. The number of anilines is 1. The lowest BCUT2D eigenvalue weighted by atomic mass is 10.1. The first kappa shape index (κ1) is 23.3. The van der Waals surface area contributed by atoms with Crippen LogP contribution in [-0.4, -0.2) is 14.3 Å². The van der Waals surface area contributed by atoms with E-state index >= 15 is 0 Å². The third-order valence-electron chi connectivity index (χ3n) is 5.87. The molecule has 0 amide bonds. The molecule has 2 N–H and O–H groups in total. The molecule has 3 aromatic carbocycles. The van der Waals surface area contributed by atoms with Gasteiger partial charge in [0.2, 0.25) is 0 Å². The van der Waals surface area contributed by atoms with Crippen molar-refractivity contribution in [1.82, 2.24) is 14.3 Å². The van der Waals surface area contributed by atoms with Crippen LogP contribution in [0.4, 0.5) is 5.82 Å². The highest BCUT2D eigenvalue weighted by atomic mass is 35.5. The summed E-state index contributed by atoms with van der Waals surface area (Å²) in [6, 6.07) is 27.0. The Balaban J connectivity index is 1.62. The third-order valence-corrected chi connectivity index (χ3v) is 6.60. The smallest absolute Gasteiger partial charge is 0.145 e. The number of nitrogens with two attached hydrogens (primary N) is 1. The number of para-hydroxylation sites is 2. The van der Waals surface area contributed by atoms with Crippen LogP contribution in [0.3, 0.4) is 0 Å². The van der Waals surface area contributed by atoms with Crippen LogP contribution in [0, 0.1) is 22.7 Å². The standard InChI is InChI=1S/C28H18Cl2N6/c29-24-11-10-18(12-25(24)30)16-35-17-20(22-8-4-5-9-26(22)35)13-19(14-31)27-23(15-32)28(33)36(34-27)21-6-2-1-3-7-21/h1-13,17H,16,33H2. The first-order chi connectivity index (χ1) is 17.5. The van der Waals surface area contributed by atoms with Crippen molar-refractivity contribution in [3.05, 3.63) is 111 Å². The van der Waals surface area contributed by atoms with Gasteiger partial charge in [-0.1, -0.05) is 65.7 Å². The lowest BCUT2D eigenvalue weighted by molar-refractivity contribution is 0.836. The molecule has 0 saturated carbocycles.